The van der Waals surface area contributed by atoms with Gasteiger partial charge in [0.05, 0.1) is 18.8 Å². The van der Waals surface area contributed by atoms with Crippen molar-refractivity contribution in [1.82, 2.24) is 9.88 Å². The minimum absolute atomic E-state index is 0.0281. The molecular formula is C25H21N3O5S. The molecule has 2 heterocycles. The number of hydrogen-bond acceptors (Lipinski definition) is 8. The summed E-state index contributed by atoms with van der Waals surface area (Å²) in [4.78, 5) is 6.55. The molecule has 0 amide bonds. The van der Waals surface area contributed by atoms with Gasteiger partial charge in [0.25, 0.3) is 0 Å². The molecule has 0 radical (unpaired) electrons. The number of hydrogen-bond donors (Lipinski definition) is 0. The summed E-state index contributed by atoms with van der Waals surface area (Å²) in [6, 6.07) is 20.5. The molecule has 0 saturated carbocycles. The number of aromatic nitrogens is 1. The van der Waals surface area contributed by atoms with Crippen LogP contribution in [0.15, 0.2) is 76.0 Å². The van der Waals surface area contributed by atoms with Crippen molar-refractivity contribution in [2.45, 2.75) is 11.4 Å². The SMILES string of the molecule is N#Cc1ccccc1S(=O)(=O)Oc1ccc(-c2nc3ccccc3o2)cc1CN1CCOCC1. The number of nitrogens with zero attached hydrogens (tertiary/aromatic N) is 3. The molecule has 4 aromatic rings. The average Bonchev–Trinajstić information content (AvgIpc) is 3.30. The molecule has 0 atom stereocenters. The van der Waals surface area contributed by atoms with E-state index in [2.05, 4.69) is 9.88 Å². The fourth-order valence-electron chi connectivity index (χ4n) is 3.85. The standard InChI is InChI=1S/C25H21N3O5S/c26-16-19-5-1-4-8-24(19)34(29,30)33-22-10-9-18(15-20(22)17-28-11-13-31-14-12-28)25-27-21-6-2-3-7-23(21)32-25/h1-10,15H,11-14,17H2. The number of nitriles is 1. The number of benzene rings is 3. The second kappa shape index (κ2) is 9.27. The van der Waals surface area contributed by atoms with Gasteiger partial charge in [-0.3, -0.25) is 4.90 Å². The van der Waals surface area contributed by atoms with Crippen molar-refractivity contribution in [2.24, 2.45) is 0 Å². The van der Waals surface area contributed by atoms with Gasteiger partial charge in [0.15, 0.2) is 5.58 Å². The zero-order valence-electron chi connectivity index (χ0n) is 18.2. The fraction of sp³-hybridized carbons (Fsp3) is 0.200. The summed E-state index contributed by atoms with van der Waals surface area (Å²) in [5.41, 5.74) is 2.81. The molecule has 1 aromatic heterocycles. The summed E-state index contributed by atoms with van der Waals surface area (Å²) in [5, 5.41) is 9.34. The van der Waals surface area contributed by atoms with Crippen molar-refractivity contribution >= 4 is 21.2 Å². The van der Waals surface area contributed by atoms with Crippen molar-refractivity contribution in [3.05, 3.63) is 77.9 Å². The lowest BCUT2D eigenvalue weighted by molar-refractivity contribution is 0.0340. The average molecular weight is 476 g/mol. The van der Waals surface area contributed by atoms with E-state index >= 15 is 0 Å². The van der Waals surface area contributed by atoms with E-state index in [1.807, 2.05) is 36.4 Å². The molecule has 3 aromatic carbocycles. The van der Waals surface area contributed by atoms with Crippen LogP contribution in [0.1, 0.15) is 11.1 Å². The molecule has 0 unspecified atom stereocenters. The van der Waals surface area contributed by atoms with Gasteiger partial charge in [-0.05, 0) is 42.5 Å². The molecule has 0 spiro atoms. The van der Waals surface area contributed by atoms with Crippen molar-refractivity contribution in [1.29, 1.82) is 5.26 Å². The van der Waals surface area contributed by atoms with Gasteiger partial charge in [0, 0.05) is 30.8 Å². The fourth-order valence-corrected chi connectivity index (χ4v) is 4.97. The normalized spacial score (nSPS) is 14.7. The van der Waals surface area contributed by atoms with Gasteiger partial charge < -0.3 is 13.3 Å². The van der Waals surface area contributed by atoms with Crippen LogP contribution in [0.3, 0.4) is 0 Å². The van der Waals surface area contributed by atoms with Crippen LogP contribution in [-0.2, 0) is 21.4 Å². The third-order valence-corrected chi connectivity index (χ3v) is 6.87. The predicted molar refractivity (Wildman–Crippen MR) is 125 cm³/mol. The minimum Gasteiger partial charge on any atom is -0.436 e. The van der Waals surface area contributed by atoms with Gasteiger partial charge in [-0.2, -0.15) is 13.7 Å². The number of rotatable bonds is 6. The van der Waals surface area contributed by atoms with Gasteiger partial charge in [-0.1, -0.05) is 24.3 Å². The highest BCUT2D eigenvalue weighted by Gasteiger charge is 2.24. The largest absolute Gasteiger partial charge is 0.436 e. The van der Waals surface area contributed by atoms with Gasteiger partial charge in [0.2, 0.25) is 5.89 Å². The topological polar surface area (TPSA) is 106 Å². The Morgan fingerprint density at radius 1 is 1.03 bits per heavy atom. The number of para-hydroxylation sites is 2. The van der Waals surface area contributed by atoms with Crippen molar-refractivity contribution in [3.8, 4) is 23.3 Å². The highest BCUT2D eigenvalue weighted by molar-refractivity contribution is 7.87. The molecule has 9 heteroatoms. The van der Waals surface area contributed by atoms with Crippen LogP contribution in [-0.4, -0.2) is 44.6 Å². The smallest absolute Gasteiger partial charge is 0.340 e. The molecule has 34 heavy (non-hydrogen) atoms. The maximum atomic E-state index is 13.1. The van der Waals surface area contributed by atoms with Gasteiger partial charge in [-0.15, -0.1) is 0 Å². The molecule has 1 saturated heterocycles. The van der Waals surface area contributed by atoms with Crippen molar-refractivity contribution < 1.29 is 21.8 Å². The maximum Gasteiger partial charge on any atom is 0.340 e. The van der Waals surface area contributed by atoms with E-state index in [-0.39, 0.29) is 16.2 Å². The second-order valence-corrected chi connectivity index (χ2v) is 9.36. The molecule has 1 fully saturated rings. The molecule has 5 rings (SSSR count). The molecule has 1 aliphatic heterocycles. The van der Waals surface area contributed by atoms with Crippen LogP contribution in [0.2, 0.25) is 0 Å². The van der Waals surface area contributed by atoms with E-state index in [1.54, 1.807) is 24.3 Å². The van der Waals surface area contributed by atoms with Crippen LogP contribution in [0.25, 0.3) is 22.6 Å². The first-order valence-corrected chi connectivity index (χ1v) is 12.2. The van der Waals surface area contributed by atoms with E-state index in [0.717, 1.165) is 18.6 Å². The molecule has 0 aliphatic carbocycles. The molecule has 0 N–H and O–H groups in total. The van der Waals surface area contributed by atoms with E-state index in [1.165, 1.54) is 12.1 Å². The monoisotopic (exact) mass is 475 g/mol. The molecule has 8 nitrogen and oxygen atoms in total. The Labute approximate surface area is 197 Å². The highest BCUT2D eigenvalue weighted by atomic mass is 32.2. The Bertz CT molecular complexity index is 1450. The first kappa shape index (κ1) is 22.1. The van der Waals surface area contributed by atoms with Gasteiger partial charge in [0.1, 0.15) is 22.2 Å². The third kappa shape index (κ3) is 4.52. The van der Waals surface area contributed by atoms with E-state index in [9.17, 15) is 13.7 Å². The molecule has 172 valence electrons. The highest BCUT2D eigenvalue weighted by Crippen LogP contribution is 2.32. The summed E-state index contributed by atoms with van der Waals surface area (Å²) >= 11 is 0. The third-order valence-electron chi connectivity index (χ3n) is 5.58. The zero-order valence-corrected chi connectivity index (χ0v) is 19.0. The predicted octanol–water partition coefficient (Wildman–Crippen LogP) is 3.97. The molecule has 0 bridgehead atoms. The van der Waals surface area contributed by atoms with Crippen LogP contribution in [0.4, 0.5) is 0 Å². The number of fused-ring (bicyclic) bond motifs is 1. The van der Waals surface area contributed by atoms with Crippen LogP contribution >= 0.6 is 0 Å². The number of morpholine rings is 1. The molecule has 1 aliphatic rings. The summed E-state index contributed by atoms with van der Waals surface area (Å²) in [7, 11) is -4.22. The lowest BCUT2D eigenvalue weighted by Crippen LogP contribution is -2.35. The summed E-state index contributed by atoms with van der Waals surface area (Å²) in [6.07, 6.45) is 0. The summed E-state index contributed by atoms with van der Waals surface area (Å²) in [6.45, 7) is 3.11. The summed E-state index contributed by atoms with van der Waals surface area (Å²) < 4.78 is 43.0. The van der Waals surface area contributed by atoms with Crippen molar-refractivity contribution in [2.75, 3.05) is 26.3 Å². The second-order valence-electron chi connectivity index (χ2n) is 7.84. The van der Waals surface area contributed by atoms with Gasteiger partial charge >= 0.3 is 10.1 Å². The lowest BCUT2D eigenvalue weighted by Gasteiger charge is -2.27. The summed E-state index contributed by atoms with van der Waals surface area (Å²) in [5.74, 6) is 0.632. The first-order chi connectivity index (χ1) is 16.5. The van der Waals surface area contributed by atoms with Crippen LogP contribution in [0, 0.1) is 11.3 Å². The van der Waals surface area contributed by atoms with E-state index < -0.39 is 10.1 Å². The quantitative estimate of drug-likeness (QED) is 0.386. The van der Waals surface area contributed by atoms with E-state index in [4.69, 9.17) is 13.3 Å². The van der Waals surface area contributed by atoms with Crippen LogP contribution < -0.4 is 4.18 Å². The maximum absolute atomic E-state index is 13.1. The Morgan fingerprint density at radius 3 is 2.59 bits per heavy atom. The lowest BCUT2D eigenvalue weighted by atomic mass is 10.1. The van der Waals surface area contributed by atoms with Crippen LogP contribution in [0.5, 0.6) is 5.75 Å². The molecular weight excluding hydrogens is 454 g/mol. The first-order valence-electron chi connectivity index (χ1n) is 10.8. The Balaban J connectivity index is 1.53. The zero-order chi connectivity index (χ0) is 23.5. The van der Waals surface area contributed by atoms with E-state index in [0.29, 0.717) is 42.4 Å². The Morgan fingerprint density at radius 2 is 1.79 bits per heavy atom. The van der Waals surface area contributed by atoms with Gasteiger partial charge in [-0.25, -0.2) is 4.98 Å². The van der Waals surface area contributed by atoms with Crippen molar-refractivity contribution in [3.63, 3.8) is 0 Å². The number of oxazole rings is 1. The minimum atomic E-state index is -4.22. The Kier molecular flexibility index (Phi) is 6.02. The Hall–Kier alpha value is -3.71. The number of ether oxygens (including phenoxy) is 1.